The fourth-order valence-electron chi connectivity index (χ4n) is 1.02. The lowest BCUT2D eigenvalue weighted by Crippen LogP contribution is -2.20. The van der Waals surface area contributed by atoms with Gasteiger partial charge in [-0.1, -0.05) is 15.9 Å². The lowest BCUT2D eigenvalue weighted by molar-refractivity contribution is -0.121. The predicted octanol–water partition coefficient (Wildman–Crippen LogP) is 3.58. The van der Waals surface area contributed by atoms with Crippen LogP contribution in [0.15, 0.2) is 27.1 Å². The molecule has 5 heteroatoms. The highest BCUT2D eigenvalue weighted by Crippen LogP contribution is 2.25. The van der Waals surface area contributed by atoms with Crippen LogP contribution in [0.1, 0.15) is 13.8 Å². The van der Waals surface area contributed by atoms with E-state index in [1.54, 1.807) is 0 Å². The second-order valence-corrected chi connectivity index (χ2v) is 5.30. The molecule has 1 amide bonds. The van der Waals surface area contributed by atoms with E-state index in [4.69, 9.17) is 4.74 Å². The Hall–Kier alpha value is -0.390. The van der Waals surface area contributed by atoms with Gasteiger partial charge < -0.3 is 10.1 Å². The number of halogens is 2. The van der Waals surface area contributed by atoms with Crippen LogP contribution in [0.4, 0.5) is 5.69 Å². The summed E-state index contributed by atoms with van der Waals surface area (Å²) in [6.07, 6.45) is 0.0525. The molecule has 1 rings (SSSR count). The van der Waals surface area contributed by atoms with Crippen LogP contribution in [0.3, 0.4) is 0 Å². The van der Waals surface area contributed by atoms with Crippen molar-refractivity contribution in [1.29, 1.82) is 0 Å². The average Bonchev–Trinajstić information content (AvgIpc) is 2.20. The van der Waals surface area contributed by atoms with Gasteiger partial charge >= 0.3 is 0 Å². The third kappa shape index (κ3) is 4.63. The summed E-state index contributed by atoms with van der Waals surface area (Å²) in [5, 5.41) is 2.77. The molecule has 0 aliphatic carbocycles. The molecule has 0 radical (unpaired) electrons. The monoisotopic (exact) mass is 349 g/mol. The van der Waals surface area contributed by atoms with Crippen LogP contribution in [0.25, 0.3) is 0 Å². The smallest absolute Gasteiger partial charge is 0.250 e. The van der Waals surface area contributed by atoms with Crippen LogP contribution < -0.4 is 5.32 Å². The molecule has 3 nitrogen and oxygen atoms in total. The molecule has 0 aliphatic rings. The average molecular weight is 351 g/mol. The van der Waals surface area contributed by atoms with E-state index in [1.807, 2.05) is 32.0 Å². The van der Waals surface area contributed by atoms with Crippen molar-refractivity contribution < 1.29 is 9.53 Å². The van der Waals surface area contributed by atoms with Crippen molar-refractivity contribution in [3.05, 3.63) is 27.1 Å². The number of amides is 1. The van der Waals surface area contributed by atoms with Crippen LogP contribution in [0.2, 0.25) is 0 Å². The van der Waals surface area contributed by atoms with Gasteiger partial charge in [-0.3, -0.25) is 4.79 Å². The number of anilines is 1. The highest BCUT2D eigenvalue weighted by atomic mass is 79.9. The van der Waals surface area contributed by atoms with E-state index >= 15 is 0 Å². The normalized spacial score (nSPS) is 10.6. The van der Waals surface area contributed by atoms with E-state index in [0.29, 0.717) is 0 Å². The SMILES string of the molecule is CC(C)OCC(=O)Nc1cc(Br)ccc1Br. The quantitative estimate of drug-likeness (QED) is 0.901. The van der Waals surface area contributed by atoms with Gasteiger partial charge in [-0.15, -0.1) is 0 Å². The Morgan fingerprint density at radius 1 is 1.44 bits per heavy atom. The molecule has 0 saturated carbocycles. The molecule has 1 aromatic rings. The molecule has 0 saturated heterocycles. The number of benzene rings is 1. The first kappa shape index (κ1) is 13.7. The number of rotatable bonds is 4. The Labute approximate surface area is 112 Å². The lowest BCUT2D eigenvalue weighted by atomic mass is 10.3. The van der Waals surface area contributed by atoms with Gasteiger partial charge in [0.05, 0.1) is 11.8 Å². The largest absolute Gasteiger partial charge is 0.369 e. The van der Waals surface area contributed by atoms with Crippen molar-refractivity contribution in [3.63, 3.8) is 0 Å². The zero-order valence-electron chi connectivity index (χ0n) is 9.09. The van der Waals surface area contributed by atoms with E-state index in [2.05, 4.69) is 37.2 Å². The first-order chi connectivity index (χ1) is 7.49. The van der Waals surface area contributed by atoms with Crippen LogP contribution in [0.5, 0.6) is 0 Å². The van der Waals surface area contributed by atoms with Crippen molar-refractivity contribution in [3.8, 4) is 0 Å². The Morgan fingerprint density at radius 3 is 2.75 bits per heavy atom. The van der Waals surface area contributed by atoms with Gasteiger partial charge in [0.2, 0.25) is 5.91 Å². The molecule has 16 heavy (non-hydrogen) atoms. The molecular formula is C11H13Br2NO2. The zero-order valence-corrected chi connectivity index (χ0v) is 12.3. The summed E-state index contributed by atoms with van der Waals surface area (Å²) in [6.45, 7) is 3.85. The molecule has 0 bridgehead atoms. The summed E-state index contributed by atoms with van der Waals surface area (Å²) in [5.74, 6) is -0.160. The molecule has 88 valence electrons. The van der Waals surface area contributed by atoms with Gasteiger partial charge in [-0.05, 0) is 48.0 Å². The minimum Gasteiger partial charge on any atom is -0.369 e. The Kier molecular flexibility index (Phi) is 5.44. The van der Waals surface area contributed by atoms with Crippen molar-refractivity contribution in [2.24, 2.45) is 0 Å². The van der Waals surface area contributed by atoms with Gasteiger partial charge in [0.15, 0.2) is 0 Å². The summed E-state index contributed by atoms with van der Waals surface area (Å²) >= 11 is 6.71. The summed E-state index contributed by atoms with van der Waals surface area (Å²) in [7, 11) is 0. The molecular weight excluding hydrogens is 338 g/mol. The summed E-state index contributed by atoms with van der Waals surface area (Å²) < 4.78 is 6.96. The third-order valence-electron chi connectivity index (χ3n) is 1.75. The fourth-order valence-corrected chi connectivity index (χ4v) is 1.73. The molecule has 0 aliphatic heterocycles. The van der Waals surface area contributed by atoms with E-state index < -0.39 is 0 Å². The first-order valence-corrected chi connectivity index (χ1v) is 6.44. The number of ether oxygens (including phenoxy) is 1. The zero-order chi connectivity index (χ0) is 12.1. The third-order valence-corrected chi connectivity index (χ3v) is 2.94. The molecule has 1 N–H and O–H groups in total. The number of hydrogen-bond donors (Lipinski definition) is 1. The van der Waals surface area contributed by atoms with Crippen molar-refractivity contribution >= 4 is 43.5 Å². The van der Waals surface area contributed by atoms with E-state index in [1.165, 1.54) is 0 Å². The van der Waals surface area contributed by atoms with Crippen molar-refractivity contribution in [2.75, 3.05) is 11.9 Å². The maximum atomic E-state index is 11.5. The predicted molar refractivity (Wildman–Crippen MR) is 71.6 cm³/mol. The van der Waals surface area contributed by atoms with Gasteiger partial charge in [-0.25, -0.2) is 0 Å². The number of carbonyl (C=O) groups is 1. The molecule has 0 aromatic heterocycles. The fraction of sp³-hybridized carbons (Fsp3) is 0.364. The standard InChI is InChI=1S/C11H13Br2NO2/c1-7(2)16-6-11(15)14-10-5-8(12)3-4-9(10)13/h3-5,7H,6H2,1-2H3,(H,14,15). The van der Waals surface area contributed by atoms with Gasteiger partial charge in [0.1, 0.15) is 6.61 Å². The Balaban J connectivity index is 2.59. The highest BCUT2D eigenvalue weighted by molar-refractivity contribution is 9.11. The van der Waals surface area contributed by atoms with Crippen molar-refractivity contribution in [1.82, 2.24) is 0 Å². The Morgan fingerprint density at radius 2 is 2.12 bits per heavy atom. The summed E-state index contributed by atoms with van der Waals surface area (Å²) in [5.41, 5.74) is 0.728. The van der Waals surface area contributed by atoms with E-state index in [0.717, 1.165) is 14.6 Å². The minimum atomic E-state index is -0.160. The lowest BCUT2D eigenvalue weighted by Gasteiger charge is -2.10. The first-order valence-electron chi connectivity index (χ1n) is 4.85. The molecule has 0 heterocycles. The van der Waals surface area contributed by atoms with Gasteiger partial charge in [-0.2, -0.15) is 0 Å². The second-order valence-electron chi connectivity index (χ2n) is 3.53. The molecule has 0 atom stereocenters. The molecule has 1 aromatic carbocycles. The van der Waals surface area contributed by atoms with Crippen LogP contribution in [-0.4, -0.2) is 18.6 Å². The van der Waals surface area contributed by atoms with Gasteiger partial charge in [0.25, 0.3) is 0 Å². The van der Waals surface area contributed by atoms with E-state index in [-0.39, 0.29) is 18.6 Å². The Bertz CT molecular complexity index is 380. The van der Waals surface area contributed by atoms with E-state index in [9.17, 15) is 4.79 Å². The number of carbonyl (C=O) groups excluding carboxylic acids is 1. The van der Waals surface area contributed by atoms with Gasteiger partial charge in [0, 0.05) is 8.95 Å². The molecule has 0 spiro atoms. The minimum absolute atomic E-state index is 0.0525. The van der Waals surface area contributed by atoms with Crippen LogP contribution in [0, 0.1) is 0 Å². The van der Waals surface area contributed by atoms with Crippen LogP contribution >= 0.6 is 31.9 Å². The van der Waals surface area contributed by atoms with Crippen LogP contribution in [-0.2, 0) is 9.53 Å². The summed E-state index contributed by atoms with van der Waals surface area (Å²) in [4.78, 5) is 11.5. The number of hydrogen-bond acceptors (Lipinski definition) is 2. The van der Waals surface area contributed by atoms with Crippen molar-refractivity contribution in [2.45, 2.75) is 20.0 Å². The molecule has 0 fully saturated rings. The molecule has 0 unspecified atom stereocenters. The maximum absolute atomic E-state index is 11.5. The second kappa shape index (κ2) is 6.37. The maximum Gasteiger partial charge on any atom is 0.250 e. The number of nitrogens with one attached hydrogen (secondary N) is 1. The highest BCUT2D eigenvalue weighted by Gasteiger charge is 2.07. The summed E-state index contributed by atoms with van der Waals surface area (Å²) in [6, 6.07) is 5.59. The topological polar surface area (TPSA) is 38.3 Å².